The first-order valence-corrected chi connectivity index (χ1v) is 7.49. The van der Waals surface area contributed by atoms with Crippen molar-refractivity contribution in [2.75, 3.05) is 6.61 Å². The third-order valence-electron chi connectivity index (χ3n) is 2.79. The number of amides is 1. The Morgan fingerprint density at radius 2 is 2.04 bits per heavy atom. The van der Waals surface area contributed by atoms with Crippen LogP contribution in [0.1, 0.15) is 40.7 Å². The van der Waals surface area contributed by atoms with Gasteiger partial charge in [-0.25, -0.2) is 14.3 Å². The average molecular weight is 358 g/mol. The number of alkyl carbamates (subject to hydrolysis) is 1. The first kappa shape index (κ1) is 20.2. The smallest absolute Gasteiger partial charge is 0.408 e. The molecule has 0 aliphatic heterocycles. The molecule has 1 amide bonds. The summed E-state index contributed by atoms with van der Waals surface area (Å²) >= 11 is 0. The fourth-order valence-electron chi connectivity index (χ4n) is 1.76. The number of carboxylic acids is 1. The van der Waals surface area contributed by atoms with Crippen LogP contribution in [0.4, 0.5) is 10.5 Å². The number of ether oxygens (including phenoxy) is 2. The van der Waals surface area contributed by atoms with Gasteiger partial charge in [0.1, 0.15) is 18.4 Å². The minimum absolute atomic E-state index is 0.183. The number of aromatic nitrogens is 2. The summed E-state index contributed by atoms with van der Waals surface area (Å²) < 4.78 is 11.5. The largest absolute Gasteiger partial charge is 0.480 e. The van der Waals surface area contributed by atoms with E-state index in [1.807, 2.05) is 0 Å². The van der Waals surface area contributed by atoms with Crippen molar-refractivity contribution in [2.45, 2.75) is 52.3 Å². The van der Waals surface area contributed by atoms with Crippen LogP contribution < -0.4 is 10.1 Å². The highest BCUT2D eigenvalue weighted by molar-refractivity contribution is 5.80. The topological polar surface area (TPSA) is 146 Å². The molecular formula is C14H22N4O7. The van der Waals surface area contributed by atoms with Gasteiger partial charge >= 0.3 is 17.7 Å². The van der Waals surface area contributed by atoms with Crippen LogP contribution in [0.5, 0.6) is 5.88 Å². The first-order chi connectivity index (χ1) is 11.4. The molecule has 0 saturated heterocycles. The fourth-order valence-corrected chi connectivity index (χ4v) is 1.76. The molecule has 1 heterocycles. The summed E-state index contributed by atoms with van der Waals surface area (Å²) in [7, 11) is 0. The summed E-state index contributed by atoms with van der Waals surface area (Å²) in [6.07, 6.45) is 0.0854. The van der Waals surface area contributed by atoms with E-state index in [0.29, 0.717) is 0 Å². The van der Waals surface area contributed by atoms with Crippen LogP contribution in [0.3, 0.4) is 0 Å². The van der Waals surface area contributed by atoms with Crippen LogP contribution in [0.25, 0.3) is 0 Å². The van der Waals surface area contributed by atoms with Gasteiger partial charge in [0.25, 0.3) is 5.88 Å². The molecule has 1 atom stereocenters. The molecule has 11 nitrogen and oxygen atoms in total. The van der Waals surface area contributed by atoms with Crippen LogP contribution in [0.2, 0.25) is 0 Å². The standard InChI is InChI=1S/C14H22N4O7/c1-8(2)17-11(10(6-15-17)18(22)23)24-7-9(12(19)20)16-13(21)25-14(3,4)5/h6,8-9H,7H2,1-5H3,(H,16,21)(H,19,20). The Balaban J connectivity index is 2.88. The Bertz CT molecular complexity index is 648. The van der Waals surface area contributed by atoms with Crippen LogP contribution in [0, 0.1) is 10.1 Å². The van der Waals surface area contributed by atoms with E-state index in [4.69, 9.17) is 9.47 Å². The lowest BCUT2D eigenvalue weighted by atomic mass is 10.2. The van der Waals surface area contributed by atoms with E-state index < -0.39 is 40.9 Å². The molecule has 2 N–H and O–H groups in total. The second kappa shape index (κ2) is 7.81. The van der Waals surface area contributed by atoms with Crippen molar-refractivity contribution in [1.82, 2.24) is 15.1 Å². The fraction of sp³-hybridized carbons (Fsp3) is 0.643. The third-order valence-corrected chi connectivity index (χ3v) is 2.79. The van der Waals surface area contributed by atoms with E-state index in [-0.39, 0.29) is 11.9 Å². The molecule has 0 saturated carbocycles. The van der Waals surface area contributed by atoms with Crippen molar-refractivity contribution in [3.63, 3.8) is 0 Å². The Hall–Kier alpha value is -2.85. The van der Waals surface area contributed by atoms with Crippen LogP contribution in [0.15, 0.2) is 6.20 Å². The average Bonchev–Trinajstić information content (AvgIpc) is 2.85. The number of hydrogen-bond acceptors (Lipinski definition) is 7. The number of carboxylic acid groups (broad SMARTS) is 1. The van der Waals surface area contributed by atoms with Crippen LogP contribution in [-0.2, 0) is 9.53 Å². The highest BCUT2D eigenvalue weighted by Crippen LogP contribution is 2.29. The van der Waals surface area contributed by atoms with Gasteiger partial charge in [-0.3, -0.25) is 10.1 Å². The second-order valence-corrected chi connectivity index (χ2v) is 6.48. The van der Waals surface area contributed by atoms with Gasteiger partial charge in [-0.05, 0) is 34.6 Å². The predicted octanol–water partition coefficient (Wildman–Crippen LogP) is 1.73. The molecule has 0 fully saturated rings. The molecule has 1 aromatic rings. The van der Waals surface area contributed by atoms with Crippen molar-refractivity contribution in [2.24, 2.45) is 0 Å². The molecule has 11 heteroatoms. The van der Waals surface area contributed by atoms with Crippen molar-refractivity contribution in [1.29, 1.82) is 0 Å². The second-order valence-electron chi connectivity index (χ2n) is 6.48. The van der Waals surface area contributed by atoms with Crippen molar-refractivity contribution >= 4 is 17.7 Å². The quantitative estimate of drug-likeness (QED) is 0.553. The van der Waals surface area contributed by atoms with E-state index in [0.717, 1.165) is 6.20 Å². The number of carbonyl (C=O) groups excluding carboxylic acids is 1. The summed E-state index contributed by atoms with van der Waals surface area (Å²) in [5.74, 6) is -1.55. The normalized spacial score (nSPS) is 12.6. The van der Waals surface area contributed by atoms with E-state index in [1.54, 1.807) is 34.6 Å². The van der Waals surface area contributed by atoms with Gasteiger partial charge in [-0.2, -0.15) is 5.10 Å². The van der Waals surface area contributed by atoms with E-state index in [1.165, 1.54) is 4.68 Å². The molecule has 0 radical (unpaired) electrons. The minimum Gasteiger partial charge on any atom is -0.480 e. The van der Waals surface area contributed by atoms with Crippen LogP contribution in [-0.4, -0.2) is 50.1 Å². The summed E-state index contributed by atoms with van der Waals surface area (Å²) in [6.45, 7) is 7.82. The maximum Gasteiger partial charge on any atom is 0.408 e. The maximum absolute atomic E-state index is 11.7. The lowest BCUT2D eigenvalue weighted by molar-refractivity contribution is -0.386. The highest BCUT2D eigenvalue weighted by Gasteiger charge is 2.28. The zero-order valence-electron chi connectivity index (χ0n) is 14.7. The molecule has 0 aliphatic carbocycles. The maximum atomic E-state index is 11.7. The molecule has 0 bridgehead atoms. The SMILES string of the molecule is CC(C)n1ncc([N+](=O)[O-])c1OCC(NC(=O)OC(C)(C)C)C(=O)O. The van der Waals surface area contributed by atoms with Gasteiger partial charge in [0.2, 0.25) is 0 Å². The molecular weight excluding hydrogens is 336 g/mol. The number of nitro groups is 1. The van der Waals surface area contributed by atoms with Crippen LogP contribution >= 0.6 is 0 Å². The summed E-state index contributed by atoms with van der Waals surface area (Å²) in [5.41, 5.74) is -1.20. The van der Waals surface area contributed by atoms with E-state index >= 15 is 0 Å². The Kier molecular flexibility index (Phi) is 6.31. The molecule has 0 aromatic carbocycles. The third kappa shape index (κ3) is 5.94. The number of carbonyl (C=O) groups is 2. The molecule has 1 rings (SSSR count). The number of aliphatic carboxylic acids is 1. The Morgan fingerprint density at radius 1 is 1.44 bits per heavy atom. The summed E-state index contributed by atoms with van der Waals surface area (Å²) in [4.78, 5) is 33.4. The number of nitrogens with one attached hydrogen (secondary N) is 1. The van der Waals surface area contributed by atoms with Crippen molar-refractivity contribution in [3.05, 3.63) is 16.3 Å². The molecule has 1 unspecified atom stereocenters. The van der Waals surface area contributed by atoms with Gasteiger partial charge < -0.3 is 19.9 Å². The van der Waals surface area contributed by atoms with Gasteiger partial charge in [0.15, 0.2) is 6.04 Å². The Morgan fingerprint density at radius 3 is 2.48 bits per heavy atom. The van der Waals surface area contributed by atoms with Gasteiger partial charge in [0.05, 0.1) is 11.0 Å². The molecule has 25 heavy (non-hydrogen) atoms. The number of rotatable bonds is 7. The lowest BCUT2D eigenvalue weighted by Gasteiger charge is -2.22. The van der Waals surface area contributed by atoms with Gasteiger partial charge in [-0.1, -0.05) is 0 Å². The molecule has 0 spiro atoms. The van der Waals surface area contributed by atoms with Crippen molar-refractivity contribution < 1.29 is 29.1 Å². The van der Waals surface area contributed by atoms with E-state index in [2.05, 4.69) is 10.4 Å². The monoisotopic (exact) mass is 358 g/mol. The predicted molar refractivity (Wildman–Crippen MR) is 85.6 cm³/mol. The summed E-state index contributed by atoms with van der Waals surface area (Å²) in [5, 5.41) is 26.2. The zero-order chi connectivity index (χ0) is 19.4. The Labute approximate surface area is 144 Å². The summed E-state index contributed by atoms with van der Waals surface area (Å²) in [6, 6.07) is -1.70. The minimum atomic E-state index is -1.45. The van der Waals surface area contributed by atoms with Gasteiger partial charge in [-0.15, -0.1) is 0 Å². The molecule has 140 valence electrons. The molecule has 0 aliphatic rings. The zero-order valence-corrected chi connectivity index (χ0v) is 14.7. The van der Waals surface area contributed by atoms with E-state index in [9.17, 15) is 24.8 Å². The molecule has 1 aromatic heterocycles. The number of hydrogen-bond donors (Lipinski definition) is 2. The highest BCUT2D eigenvalue weighted by atomic mass is 16.6. The lowest BCUT2D eigenvalue weighted by Crippen LogP contribution is -2.46. The van der Waals surface area contributed by atoms with Crippen molar-refractivity contribution in [3.8, 4) is 5.88 Å². The first-order valence-electron chi connectivity index (χ1n) is 7.49. The number of nitrogens with zero attached hydrogens (tertiary/aromatic N) is 3. The van der Waals surface area contributed by atoms with Gasteiger partial charge in [0, 0.05) is 0 Å².